The summed E-state index contributed by atoms with van der Waals surface area (Å²) in [5.74, 6) is -0.140. The Kier molecular flexibility index (Phi) is 6.31. The van der Waals surface area contributed by atoms with Gasteiger partial charge in [-0.3, -0.25) is 4.79 Å². The monoisotopic (exact) mass is 337 g/mol. The van der Waals surface area contributed by atoms with Gasteiger partial charge in [-0.05, 0) is 36.8 Å². The fourth-order valence-electron chi connectivity index (χ4n) is 1.84. The van der Waals surface area contributed by atoms with Crippen molar-refractivity contribution in [3.8, 4) is 0 Å². The SMILES string of the molecule is COCCCNC(=O)c1ccc(Nc2ccc(F)c(Cl)c2)nc1. The molecule has 0 saturated heterocycles. The number of hydrogen-bond donors (Lipinski definition) is 2. The third-order valence-electron chi connectivity index (χ3n) is 3.03. The van der Waals surface area contributed by atoms with Crippen LogP contribution in [0, 0.1) is 5.82 Å². The van der Waals surface area contributed by atoms with E-state index in [0.717, 1.165) is 6.42 Å². The van der Waals surface area contributed by atoms with Crippen LogP contribution in [0.3, 0.4) is 0 Å². The van der Waals surface area contributed by atoms with Gasteiger partial charge in [-0.1, -0.05) is 11.6 Å². The van der Waals surface area contributed by atoms with Crippen molar-refractivity contribution in [1.29, 1.82) is 0 Å². The molecule has 2 aromatic rings. The maximum Gasteiger partial charge on any atom is 0.252 e. The molecular weight excluding hydrogens is 321 g/mol. The minimum absolute atomic E-state index is 0.0297. The number of rotatable bonds is 7. The molecule has 0 aliphatic rings. The number of carbonyl (C=O) groups excluding carboxylic acids is 1. The molecule has 23 heavy (non-hydrogen) atoms. The number of hydrogen-bond acceptors (Lipinski definition) is 4. The van der Waals surface area contributed by atoms with E-state index in [1.165, 1.54) is 18.3 Å². The molecule has 0 aliphatic heterocycles. The van der Waals surface area contributed by atoms with Gasteiger partial charge >= 0.3 is 0 Å². The normalized spacial score (nSPS) is 10.4. The third-order valence-corrected chi connectivity index (χ3v) is 3.32. The Morgan fingerprint density at radius 1 is 1.35 bits per heavy atom. The number of nitrogens with zero attached hydrogens (tertiary/aromatic N) is 1. The van der Waals surface area contributed by atoms with E-state index in [2.05, 4.69) is 15.6 Å². The summed E-state index contributed by atoms with van der Waals surface area (Å²) in [6, 6.07) is 7.62. The lowest BCUT2D eigenvalue weighted by molar-refractivity contribution is 0.0948. The van der Waals surface area contributed by atoms with E-state index in [1.807, 2.05) is 0 Å². The van der Waals surface area contributed by atoms with Crippen molar-refractivity contribution in [2.75, 3.05) is 25.6 Å². The molecule has 1 amide bonds. The molecule has 0 spiro atoms. The maximum absolute atomic E-state index is 13.1. The summed E-state index contributed by atoms with van der Waals surface area (Å²) >= 11 is 5.72. The van der Waals surface area contributed by atoms with Crippen LogP contribution in [0.5, 0.6) is 0 Å². The number of aromatic nitrogens is 1. The van der Waals surface area contributed by atoms with Crippen LogP contribution in [0.2, 0.25) is 5.02 Å². The number of halogens is 2. The predicted octanol–water partition coefficient (Wildman–Crippen LogP) is 3.38. The van der Waals surface area contributed by atoms with E-state index in [0.29, 0.717) is 30.2 Å². The number of ether oxygens (including phenoxy) is 1. The first-order valence-electron chi connectivity index (χ1n) is 7.05. The van der Waals surface area contributed by atoms with Crippen molar-refractivity contribution in [2.45, 2.75) is 6.42 Å². The number of nitrogens with one attached hydrogen (secondary N) is 2. The molecule has 1 aromatic carbocycles. The Morgan fingerprint density at radius 3 is 2.83 bits per heavy atom. The average molecular weight is 338 g/mol. The maximum atomic E-state index is 13.1. The zero-order chi connectivity index (χ0) is 16.7. The van der Waals surface area contributed by atoms with Crippen LogP contribution in [-0.2, 0) is 4.74 Å². The first-order chi connectivity index (χ1) is 11.1. The summed E-state index contributed by atoms with van der Waals surface area (Å²) in [5.41, 5.74) is 1.07. The van der Waals surface area contributed by atoms with Crippen LogP contribution in [0.25, 0.3) is 0 Å². The summed E-state index contributed by atoms with van der Waals surface area (Å²) in [5, 5.41) is 5.80. The Balaban J connectivity index is 1.93. The van der Waals surface area contributed by atoms with Gasteiger partial charge in [0.1, 0.15) is 11.6 Å². The molecule has 0 aliphatic carbocycles. The highest BCUT2D eigenvalue weighted by atomic mass is 35.5. The van der Waals surface area contributed by atoms with Crippen molar-refractivity contribution in [3.05, 3.63) is 52.9 Å². The van der Waals surface area contributed by atoms with Crippen molar-refractivity contribution in [2.24, 2.45) is 0 Å². The number of pyridine rings is 1. The lowest BCUT2D eigenvalue weighted by Gasteiger charge is -2.08. The van der Waals surface area contributed by atoms with Crippen LogP contribution < -0.4 is 10.6 Å². The van der Waals surface area contributed by atoms with Crippen LogP contribution in [0.1, 0.15) is 16.8 Å². The van der Waals surface area contributed by atoms with Crippen LogP contribution in [-0.4, -0.2) is 31.2 Å². The number of amides is 1. The van der Waals surface area contributed by atoms with Crippen LogP contribution in [0.15, 0.2) is 36.5 Å². The number of benzene rings is 1. The molecule has 1 heterocycles. The number of carbonyl (C=O) groups is 1. The molecule has 0 fully saturated rings. The lowest BCUT2D eigenvalue weighted by atomic mass is 10.2. The highest BCUT2D eigenvalue weighted by Crippen LogP contribution is 2.21. The minimum atomic E-state index is -0.481. The minimum Gasteiger partial charge on any atom is -0.385 e. The lowest BCUT2D eigenvalue weighted by Crippen LogP contribution is -2.25. The molecule has 0 unspecified atom stereocenters. The van der Waals surface area contributed by atoms with Crippen molar-refractivity contribution in [3.63, 3.8) is 0 Å². The molecule has 0 radical (unpaired) electrons. The second-order valence-electron chi connectivity index (χ2n) is 4.79. The molecule has 5 nitrogen and oxygen atoms in total. The molecule has 2 rings (SSSR count). The topological polar surface area (TPSA) is 63.2 Å². The highest BCUT2D eigenvalue weighted by Gasteiger charge is 2.06. The van der Waals surface area contributed by atoms with E-state index in [9.17, 15) is 9.18 Å². The second-order valence-corrected chi connectivity index (χ2v) is 5.20. The van der Waals surface area contributed by atoms with Gasteiger partial charge in [0.15, 0.2) is 0 Å². The zero-order valence-corrected chi connectivity index (χ0v) is 13.4. The van der Waals surface area contributed by atoms with Crippen molar-refractivity contribution >= 4 is 29.0 Å². The third kappa shape index (κ3) is 5.19. The zero-order valence-electron chi connectivity index (χ0n) is 12.6. The smallest absolute Gasteiger partial charge is 0.252 e. The Morgan fingerprint density at radius 2 is 2.17 bits per heavy atom. The van der Waals surface area contributed by atoms with Crippen molar-refractivity contribution < 1.29 is 13.9 Å². The van der Waals surface area contributed by atoms with E-state index < -0.39 is 5.82 Å². The molecule has 0 saturated carbocycles. The van der Waals surface area contributed by atoms with E-state index in [-0.39, 0.29) is 10.9 Å². The van der Waals surface area contributed by atoms with Gasteiger partial charge in [0.05, 0.1) is 10.6 Å². The van der Waals surface area contributed by atoms with Crippen LogP contribution in [0.4, 0.5) is 15.9 Å². The average Bonchev–Trinajstić information content (AvgIpc) is 2.55. The van der Waals surface area contributed by atoms with Gasteiger partial charge in [0, 0.05) is 32.1 Å². The standard InChI is InChI=1S/C16H17ClFN3O2/c1-23-8-2-7-19-16(22)11-3-6-15(20-10-11)21-12-4-5-14(18)13(17)9-12/h3-6,9-10H,2,7-8H2,1H3,(H,19,22)(H,20,21). The summed E-state index contributed by atoms with van der Waals surface area (Å²) in [6.45, 7) is 1.14. The molecule has 7 heteroatoms. The first-order valence-corrected chi connectivity index (χ1v) is 7.43. The van der Waals surface area contributed by atoms with Gasteiger partial charge in [0.25, 0.3) is 5.91 Å². The fourth-order valence-corrected chi connectivity index (χ4v) is 2.02. The first kappa shape index (κ1) is 17.2. The molecule has 0 bridgehead atoms. The molecule has 0 atom stereocenters. The Bertz CT molecular complexity index is 665. The fraction of sp³-hybridized carbons (Fsp3) is 0.250. The molecule has 1 aromatic heterocycles. The van der Waals surface area contributed by atoms with Gasteiger partial charge in [-0.25, -0.2) is 9.37 Å². The quantitative estimate of drug-likeness (QED) is 0.760. The number of anilines is 2. The van der Waals surface area contributed by atoms with E-state index in [1.54, 1.807) is 25.3 Å². The predicted molar refractivity (Wildman–Crippen MR) is 87.8 cm³/mol. The van der Waals surface area contributed by atoms with Gasteiger partial charge < -0.3 is 15.4 Å². The van der Waals surface area contributed by atoms with E-state index in [4.69, 9.17) is 16.3 Å². The largest absolute Gasteiger partial charge is 0.385 e. The molecule has 2 N–H and O–H groups in total. The molecule has 122 valence electrons. The van der Waals surface area contributed by atoms with Crippen LogP contribution >= 0.6 is 11.6 Å². The van der Waals surface area contributed by atoms with Gasteiger partial charge in [-0.2, -0.15) is 0 Å². The molecular formula is C16H17ClFN3O2. The second kappa shape index (κ2) is 8.45. The Labute approximate surface area is 138 Å². The summed E-state index contributed by atoms with van der Waals surface area (Å²) < 4.78 is 18.0. The van der Waals surface area contributed by atoms with Gasteiger partial charge in [0.2, 0.25) is 0 Å². The van der Waals surface area contributed by atoms with Crippen molar-refractivity contribution in [1.82, 2.24) is 10.3 Å². The highest BCUT2D eigenvalue weighted by molar-refractivity contribution is 6.31. The summed E-state index contributed by atoms with van der Waals surface area (Å²) in [6.07, 6.45) is 2.22. The van der Waals surface area contributed by atoms with E-state index >= 15 is 0 Å². The van der Waals surface area contributed by atoms with Gasteiger partial charge in [-0.15, -0.1) is 0 Å². The summed E-state index contributed by atoms with van der Waals surface area (Å²) in [4.78, 5) is 16.0. The Hall–Kier alpha value is -2.18. The number of methoxy groups -OCH3 is 1. The summed E-state index contributed by atoms with van der Waals surface area (Å²) in [7, 11) is 1.62.